The highest BCUT2D eigenvalue weighted by Crippen LogP contribution is 2.29. The number of aryl methyl sites for hydroxylation is 3. The van der Waals surface area contributed by atoms with Crippen LogP contribution in [-0.2, 0) is 13.0 Å². The van der Waals surface area contributed by atoms with Crippen molar-refractivity contribution in [2.45, 2.75) is 33.2 Å². The van der Waals surface area contributed by atoms with E-state index in [2.05, 4.69) is 10.3 Å². The minimum Gasteiger partial charge on any atom is -0.321 e. The number of rotatable bonds is 2. The number of carbonyl (C=O) groups is 1. The van der Waals surface area contributed by atoms with Crippen LogP contribution in [0.2, 0.25) is 0 Å². The SMILES string of the molecule is Cc1ccc(NC(=O)c2sc3nc4n(c(=O)c3c2C)CCC4)cc1F. The quantitative estimate of drug-likeness (QED) is 0.764. The Labute approximate surface area is 147 Å². The number of halogens is 1. The van der Waals surface area contributed by atoms with E-state index >= 15 is 0 Å². The molecule has 0 unspecified atom stereocenters. The maximum Gasteiger partial charge on any atom is 0.266 e. The molecule has 1 N–H and O–H groups in total. The third-order valence-corrected chi connectivity index (χ3v) is 5.73. The van der Waals surface area contributed by atoms with Crippen LogP contribution in [0, 0.1) is 19.7 Å². The van der Waals surface area contributed by atoms with Gasteiger partial charge >= 0.3 is 0 Å². The van der Waals surface area contributed by atoms with Crippen molar-refractivity contribution in [1.82, 2.24) is 9.55 Å². The summed E-state index contributed by atoms with van der Waals surface area (Å²) in [5.41, 5.74) is 1.45. The molecule has 0 saturated heterocycles. The topological polar surface area (TPSA) is 64.0 Å². The van der Waals surface area contributed by atoms with E-state index in [9.17, 15) is 14.0 Å². The second-order valence-corrected chi connectivity index (χ2v) is 7.24. The van der Waals surface area contributed by atoms with Crippen LogP contribution in [0.4, 0.5) is 10.1 Å². The number of fused-ring (bicyclic) bond motifs is 2. The largest absolute Gasteiger partial charge is 0.321 e. The van der Waals surface area contributed by atoms with Crippen molar-refractivity contribution in [1.29, 1.82) is 0 Å². The van der Waals surface area contributed by atoms with E-state index in [1.807, 2.05) is 0 Å². The number of nitrogens with zero attached hydrogens (tertiary/aromatic N) is 2. The molecule has 1 aliphatic rings. The third-order valence-electron chi connectivity index (χ3n) is 4.55. The monoisotopic (exact) mass is 357 g/mol. The van der Waals surface area contributed by atoms with Crippen molar-refractivity contribution >= 4 is 33.1 Å². The van der Waals surface area contributed by atoms with Crippen LogP contribution >= 0.6 is 11.3 Å². The van der Waals surface area contributed by atoms with Crippen LogP contribution in [0.25, 0.3) is 10.2 Å². The van der Waals surface area contributed by atoms with Gasteiger partial charge in [0.2, 0.25) is 0 Å². The number of amides is 1. The Morgan fingerprint density at radius 2 is 2.16 bits per heavy atom. The Morgan fingerprint density at radius 3 is 2.92 bits per heavy atom. The van der Waals surface area contributed by atoms with Crippen LogP contribution < -0.4 is 10.9 Å². The molecule has 5 nitrogen and oxygen atoms in total. The minimum absolute atomic E-state index is 0.0771. The van der Waals surface area contributed by atoms with E-state index in [1.165, 1.54) is 17.4 Å². The van der Waals surface area contributed by atoms with Gasteiger partial charge in [-0.1, -0.05) is 6.07 Å². The van der Waals surface area contributed by atoms with Gasteiger partial charge in [-0.15, -0.1) is 11.3 Å². The molecule has 128 valence electrons. The van der Waals surface area contributed by atoms with Crippen molar-refractivity contribution in [2.75, 3.05) is 5.32 Å². The normalized spacial score (nSPS) is 13.2. The molecule has 0 spiro atoms. The summed E-state index contributed by atoms with van der Waals surface area (Å²) in [6.45, 7) is 4.10. The Bertz CT molecular complexity index is 1080. The highest BCUT2D eigenvalue weighted by molar-refractivity contribution is 7.20. The Hall–Kier alpha value is -2.54. The van der Waals surface area contributed by atoms with Gasteiger partial charge in [0.25, 0.3) is 11.5 Å². The van der Waals surface area contributed by atoms with Gasteiger partial charge in [-0.25, -0.2) is 9.37 Å². The summed E-state index contributed by atoms with van der Waals surface area (Å²) < 4.78 is 15.4. The first-order chi connectivity index (χ1) is 12.0. The Morgan fingerprint density at radius 1 is 1.36 bits per heavy atom. The molecule has 7 heteroatoms. The summed E-state index contributed by atoms with van der Waals surface area (Å²) in [6, 6.07) is 4.55. The number of thiophene rings is 1. The predicted octanol–water partition coefficient (Wildman–Crippen LogP) is 3.41. The van der Waals surface area contributed by atoms with E-state index in [4.69, 9.17) is 0 Å². The summed E-state index contributed by atoms with van der Waals surface area (Å²) in [4.78, 5) is 30.9. The van der Waals surface area contributed by atoms with Gasteiger partial charge in [0.1, 0.15) is 16.5 Å². The van der Waals surface area contributed by atoms with E-state index in [1.54, 1.807) is 30.5 Å². The smallest absolute Gasteiger partial charge is 0.266 e. The van der Waals surface area contributed by atoms with Crippen molar-refractivity contribution in [3.05, 3.63) is 56.2 Å². The number of carbonyl (C=O) groups excluding carboxylic acids is 1. The van der Waals surface area contributed by atoms with E-state index in [0.717, 1.165) is 18.7 Å². The second-order valence-electron chi connectivity index (χ2n) is 6.24. The molecule has 3 heterocycles. The highest BCUT2D eigenvalue weighted by atomic mass is 32.1. The van der Waals surface area contributed by atoms with E-state index in [-0.39, 0.29) is 17.3 Å². The first-order valence-electron chi connectivity index (χ1n) is 8.06. The molecule has 1 aliphatic heterocycles. The number of hydrogen-bond donors (Lipinski definition) is 1. The molecule has 0 bridgehead atoms. The van der Waals surface area contributed by atoms with Gasteiger partial charge in [0.05, 0.1) is 10.3 Å². The first kappa shape index (κ1) is 16.0. The lowest BCUT2D eigenvalue weighted by atomic mass is 10.2. The molecular weight excluding hydrogens is 341 g/mol. The third kappa shape index (κ3) is 2.55. The fourth-order valence-corrected chi connectivity index (χ4v) is 4.24. The standard InChI is InChI=1S/C18H16FN3O2S/c1-9-5-6-11(8-12(9)19)20-16(23)15-10(2)14-17(25-15)21-13-4-3-7-22(13)18(14)24/h5-6,8H,3-4,7H2,1-2H3,(H,20,23). The molecule has 25 heavy (non-hydrogen) atoms. The van der Waals surface area contributed by atoms with Gasteiger partial charge in [-0.05, 0) is 43.5 Å². The Kier molecular flexibility index (Phi) is 3.68. The lowest BCUT2D eigenvalue weighted by Crippen LogP contribution is -2.20. The van der Waals surface area contributed by atoms with Crippen LogP contribution in [0.1, 0.15) is 33.0 Å². The van der Waals surface area contributed by atoms with Gasteiger partial charge in [0, 0.05) is 18.7 Å². The van der Waals surface area contributed by atoms with Crippen molar-refractivity contribution in [3.63, 3.8) is 0 Å². The van der Waals surface area contributed by atoms with Gasteiger partial charge < -0.3 is 5.32 Å². The average molecular weight is 357 g/mol. The minimum atomic E-state index is -0.373. The molecule has 0 radical (unpaired) electrons. The van der Waals surface area contributed by atoms with E-state index in [0.29, 0.717) is 38.5 Å². The number of benzene rings is 1. The van der Waals surface area contributed by atoms with Gasteiger partial charge in [0.15, 0.2) is 0 Å². The number of hydrogen-bond acceptors (Lipinski definition) is 4. The lowest BCUT2D eigenvalue weighted by Gasteiger charge is -2.05. The molecular formula is C18H16FN3O2S. The zero-order valence-corrected chi connectivity index (χ0v) is 14.7. The maximum absolute atomic E-state index is 13.7. The fourth-order valence-electron chi connectivity index (χ4n) is 3.15. The van der Waals surface area contributed by atoms with Crippen LogP contribution in [-0.4, -0.2) is 15.5 Å². The maximum atomic E-state index is 13.7. The zero-order chi connectivity index (χ0) is 17.7. The molecule has 2 aromatic heterocycles. The summed E-state index contributed by atoms with van der Waals surface area (Å²) >= 11 is 1.21. The molecule has 0 aliphatic carbocycles. The first-order valence-corrected chi connectivity index (χ1v) is 8.87. The van der Waals surface area contributed by atoms with Gasteiger partial charge in [-0.2, -0.15) is 0 Å². The average Bonchev–Trinajstić information content (AvgIpc) is 3.16. The molecule has 1 aromatic carbocycles. The summed E-state index contributed by atoms with van der Waals surface area (Å²) in [5.74, 6) is 0.0572. The van der Waals surface area contributed by atoms with E-state index < -0.39 is 0 Å². The molecule has 0 atom stereocenters. The fraction of sp³-hybridized carbons (Fsp3) is 0.278. The summed E-state index contributed by atoms with van der Waals surface area (Å²) in [5, 5.41) is 3.21. The summed E-state index contributed by atoms with van der Waals surface area (Å²) in [6.07, 6.45) is 1.71. The van der Waals surface area contributed by atoms with Crippen molar-refractivity contribution < 1.29 is 9.18 Å². The molecule has 0 saturated carbocycles. The van der Waals surface area contributed by atoms with Crippen LogP contribution in [0.15, 0.2) is 23.0 Å². The molecule has 0 fully saturated rings. The lowest BCUT2D eigenvalue weighted by molar-refractivity contribution is 0.103. The molecule has 3 aromatic rings. The van der Waals surface area contributed by atoms with Crippen LogP contribution in [0.3, 0.4) is 0 Å². The summed E-state index contributed by atoms with van der Waals surface area (Å²) in [7, 11) is 0. The van der Waals surface area contributed by atoms with Crippen molar-refractivity contribution in [2.24, 2.45) is 0 Å². The van der Waals surface area contributed by atoms with Crippen LogP contribution in [0.5, 0.6) is 0 Å². The second kappa shape index (κ2) is 5.77. The number of nitrogens with one attached hydrogen (secondary N) is 1. The number of aromatic nitrogens is 2. The van der Waals surface area contributed by atoms with Gasteiger partial charge in [-0.3, -0.25) is 14.2 Å². The van der Waals surface area contributed by atoms with Crippen molar-refractivity contribution in [3.8, 4) is 0 Å². The predicted molar refractivity (Wildman–Crippen MR) is 96.0 cm³/mol. The highest BCUT2D eigenvalue weighted by Gasteiger charge is 2.23. The molecule has 4 rings (SSSR count). The number of anilines is 1. The zero-order valence-electron chi connectivity index (χ0n) is 13.9. The Balaban J connectivity index is 1.75. The molecule has 1 amide bonds.